The Morgan fingerprint density at radius 1 is 1.53 bits per heavy atom. The van der Waals surface area contributed by atoms with E-state index in [-0.39, 0.29) is 11.4 Å². The highest BCUT2D eigenvalue weighted by Crippen LogP contribution is 2.30. The van der Waals surface area contributed by atoms with Gasteiger partial charge in [-0.3, -0.25) is 14.6 Å². The SMILES string of the molecule is CCN1CC(=O)NC[C@]12CCN(Cc1ccsc1)C2. The minimum absolute atomic E-state index is 0.165. The first kappa shape index (κ1) is 13.1. The fourth-order valence-electron chi connectivity index (χ4n) is 3.34. The van der Waals surface area contributed by atoms with Gasteiger partial charge in [0.05, 0.1) is 12.1 Å². The number of carbonyl (C=O) groups is 1. The van der Waals surface area contributed by atoms with Crippen molar-refractivity contribution >= 4 is 17.2 Å². The van der Waals surface area contributed by atoms with E-state index in [2.05, 4.69) is 38.9 Å². The Bertz CT molecular complexity index is 448. The monoisotopic (exact) mass is 279 g/mol. The number of hydrogen-bond donors (Lipinski definition) is 1. The summed E-state index contributed by atoms with van der Waals surface area (Å²) in [6, 6.07) is 2.20. The summed E-state index contributed by atoms with van der Waals surface area (Å²) >= 11 is 1.76. The van der Waals surface area contributed by atoms with Crippen LogP contribution in [0.2, 0.25) is 0 Å². The average molecular weight is 279 g/mol. The summed E-state index contributed by atoms with van der Waals surface area (Å²) in [5.41, 5.74) is 1.57. The van der Waals surface area contributed by atoms with Crippen molar-refractivity contribution in [3.8, 4) is 0 Å². The van der Waals surface area contributed by atoms with Gasteiger partial charge in [-0.05, 0) is 35.4 Å². The third kappa shape index (κ3) is 2.55. The number of nitrogens with zero attached hydrogens (tertiary/aromatic N) is 2. The predicted molar refractivity (Wildman–Crippen MR) is 77.2 cm³/mol. The molecule has 1 amide bonds. The Labute approximate surface area is 118 Å². The average Bonchev–Trinajstić information content (AvgIpc) is 3.04. The van der Waals surface area contributed by atoms with E-state index < -0.39 is 0 Å². The van der Waals surface area contributed by atoms with Crippen molar-refractivity contribution in [2.75, 3.05) is 32.7 Å². The molecule has 2 fully saturated rings. The molecule has 4 nitrogen and oxygen atoms in total. The van der Waals surface area contributed by atoms with E-state index in [9.17, 15) is 4.79 Å². The smallest absolute Gasteiger partial charge is 0.234 e. The van der Waals surface area contributed by atoms with E-state index in [0.29, 0.717) is 6.54 Å². The van der Waals surface area contributed by atoms with Crippen molar-refractivity contribution in [3.63, 3.8) is 0 Å². The molecule has 1 N–H and O–H groups in total. The second-order valence-corrected chi connectivity index (χ2v) is 6.39. The van der Waals surface area contributed by atoms with E-state index in [1.165, 1.54) is 5.56 Å². The zero-order valence-electron chi connectivity index (χ0n) is 11.4. The maximum absolute atomic E-state index is 11.5. The Kier molecular flexibility index (Phi) is 3.60. The second-order valence-electron chi connectivity index (χ2n) is 5.61. The molecule has 1 spiro atoms. The van der Waals surface area contributed by atoms with Gasteiger partial charge in [-0.15, -0.1) is 0 Å². The molecule has 0 aliphatic carbocycles. The highest BCUT2D eigenvalue weighted by molar-refractivity contribution is 7.07. The van der Waals surface area contributed by atoms with Crippen LogP contribution in [0.25, 0.3) is 0 Å². The summed E-state index contributed by atoms with van der Waals surface area (Å²) in [5, 5.41) is 7.42. The molecule has 0 unspecified atom stereocenters. The molecule has 19 heavy (non-hydrogen) atoms. The third-order valence-electron chi connectivity index (χ3n) is 4.40. The lowest BCUT2D eigenvalue weighted by atomic mass is 9.93. The standard InChI is InChI=1S/C14H21N3OS/c1-2-17-8-13(18)15-10-14(17)4-5-16(11-14)7-12-3-6-19-9-12/h3,6,9H,2,4-5,7-8,10-11H2,1H3,(H,15,18)/t14-/m0/s1. The van der Waals surface area contributed by atoms with Crippen molar-refractivity contribution < 1.29 is 4.79 Å². The number of piperazine rings is 1. The number of likely N-dealkylation sites (N-methyl/N-ethyl adjacent to an activating group) is 1. The lowest BCUT2D eigenvalue weighted by molar-refractivity contribution is -0.128. The van der Waals surface area contributed by atoms with Gasteiger partial charge in [0.2, 0.25) is 5.91 Å². The third-order valence-corrected chi connectivity index (χ3v) is 5.13. The molecule has 3 heterocycles. The second kappa shape index (κ2) is 5.23. The van der Waals surface area contributed by atoms with Crippen LogP contribution >= 0.6 is 11.3 Å². The molecule has 0 radical (unpaired) electrons. The number of thiophene rings is 1. The van der Waals surface area contributed by atoms with Crippen molar-refractivity contribution in [2.24, 2.45) is 0 Å². The minimum atomic E-state index is 0.165. The molecular weight excluding hydrogens is 258 g/mol. The number of amides is 1. The van der Waals surface area contributed by atoms with Gasteiger partial charge in [-0.25, -0.2) is 0 Å². The number of carbonyl (C=O) groups excluding carboxylic acids is 1. The summed E-state index contributed by atoms with van der Waals surface area (Å²) in [6.45, 7) is 7.71. The predicted octanol–water partition coefficient (Wildman–Crippen LogP) is 1.14. The van der Waals surface area contributed by atoms with E-state index in [1.54, 1.807) is 11.3 Å². The molecule has 2 aliphatic rings. The topological polar surface area (TPSA) is 35.6 Å². The van der Waals surface area contributed by atoms with Crippen LogP contribution in [0.5, 0.6) is 0 Å². The first-order valence-electron chi connectivity index (χ1n) is 6.97. The van der Waals surface area contributed by atoms with Crippen molar-refractivity contribution in [3.05, 3.63) is 22.4 Å². The lowest BCUT2D eigenvalue weighted by Gasteiger charge is -2.44. The molecule has 1 atom stereocenters. The summed E-state index contributed by atoms with van der Waals surface area (Å²) < 4.78 is 0. The van der Waals surface area contributed by atoms with Crippen LogP contribution in [0.1, 0.15) is 18.9 Å². The summed E-state index contributed by atoms with van der Waals surface area (Å²) in [6.07, 6.45) is 1.16. The number of hydrogen-bond acceptors (Lipinski definition) is 4. The normalized spacial score (nSPS) is 29.0. The molecule has 3 rings (SSSR count). The van der Waals surface area contributed by atoms with E-state index in [4.69, 9.17) is 0 Å². The first-order chi connectivity index (χ1) is 9.22. The quantitative estimate of drug-likeness (QED) is 0.901. The molecule has 1 aromatic rings. The fraction of sp³-hybridized carbons (Fsp3) is 0.643. The fourth-order valence-corrected chi connectivity index (χ4v) is 4.00. The van der Waals surface area contributed by atoms with Gasteiger partial charge in [-0.2, -0.15) is 11.3 Å². The Morgan fingerprint density at radius 2 is 2.42 bits per heavy atom. The Balaban J connectivity index is 1.67. The van der Waals surface area contributed by atoms with Gasteiger partial charge >= 0.3 is 0 Å². The molecule has 0 saturated carbocycles. The van der Waals surface area contributed by atoms with Crippen LogP contribution < -0.4 is 5.32 Å². The zero-order valence-corrected chi connectivity index (χ0v) is 12.2. The van der Waals surface area contributed by atoms with Crippen molar-refractivity contribution in [1.82, 2.24) is 15.1 Å². The van der Waals surface area contributed by atoms with Crippen molar-refractivity contribution in [1.29, 1.82) is 0 Å². The molecule has 104 valence electrons. The van der Waals surface area contributed by atoms with Crippen molar-refractivity contribution in [2.45, 2.75) is 25.4 Å². The molecular formula is C14H21N3OS. The van der Waals surface area contributed by atoms with Gasteiger partial charge < -0.3 is 5.32 Å². The van der Waals surface area contributed by atoms with E-state index >= 15 is 0 Å². The van der Waals surface area contributed by atoms with Gasteiger partial charge in [0.25, 0.3) is 0 Å². The van der Waals surface area contributed by atoms with Crippen LogP contribution in [0.3, 0.4) is 0 Å². The van der Waals surface area contributed by atoms with Gasteiger partial charge in [0.15, 0.2) is 0 Å². The molecule has 2 aliphatic heterocycles. The van der Waals surface area contributed by atoms with Gasteiger partial charge in [0, 0.05) is 26.2 Å². The maximum Gasteiger partial charge on any atom is 0.234 e. The van der Waals surface area contributed by atoms with Crippen LogP contribution in [-0.4, -0.2) is 54.0 Å². The summed E-state index contributed by atoms with van der Waals surface area (Å²) in [5.74, 6) is 0.170. The van der Waals surface area contributed by atoms with Gasteiger partial charge in [0.1, 0.15) is 0 Å². The number of rotatable bonds is 3. The van der Waals surface area contributed by atoms with Crippen LogP contribution in [-0.2, 0) is 11.3 Å². The molecule has 5 heteroatoms. The first-order valence-corrected chi connectivity index (χ1v) is 7.91. The Morgan fingerprint density at radius 3 is 3.16 bits per heavy atom. The lowest BCUT2D eigenvalue weighted by Crippen LogP contribution is -2.64. The molecule has 0 bridgehead atoms. The van der Waals surface area contributed by atoms with E-state index in [0.717, 1.165) is 39.1 Å². The van der Waals surface area contributed by atoms with Crippen LogP contribution in [0.15, 0.2) is 16.8 Å². The molecule has 1 aromatic heterocycles. The van der Waals surface area contributed by atoms with Crippen LogP contribution in [0, 0.1) is 0 Å². The number of nitrogens with one attached hydrogen (secondary N) is 1. The van der Waals surface area contributed by atoms with E-state index in [1.807, 2.05) is 0 Å². The molecule has 2 saturated heterocycles. The maximum atomic E-state index is 11.5. The number of likely N-dealkylation sites (tertiary alicyclic amines) is 1. The largest absolute Gasteiger partial charge is 0.353 e. The Hall–Kier alpha value is -0.910. The zero-order chi connectivity index (χ0) is 13.3. The highest BCUT2D eigenvalue weighted by atomic mass is 32.1. The minimum Gasteiger partial charge on any atom is -0.353 e. The highest BCUT2D eigenvalue weighted by Gasteiger charge is 2.45. The summed E-state index contributed by atoms with van der Waals surface area (Å²) in [7, 11) is 0. The molecule has 0 aromatic carbocycles. The van der Waals surface area contributed by atoms with Crippen LogP contribution in [0.4, 0.5) is 0 Å². The van der Waals surface area contributed by atoms with Gasteiger partial charge in [-0.1, -0.05) is 6.92 Å². The summed E-state index contributed by atoms with van der Waals surface area (Å²) in [4.78, 5) is 16.4.